The number of nitrogens with two attached hydrogens (primary N) is 1. The number of hydrogen-bond donors (Lipinski definition) is 1. The third-order valence-corrected chi connectivity index (χ3v) is 4.69. The summed E-state index contributed by atoms with van der Waals surface area (Å²) in [4.78, 5) is 0. The van der Waals surface area contributed by atoms with Crippen molar-refractivity contribution in [2.24, 2.45) is 17.6 Å². The largest absolute Gasteiger partial charge is 0.490 e. The molecule has 3 rings (SSSR count). The minimum absolute atomic E-state index is 0.270. The summed E-state index contributed by atoms with van der Waals surface area (Å²) in [7, 11) is 0. The Bertz CT molecular complexity index is 511. The summed E-state index contributed by atoms with van der Waals surface area (Å²) in [5.41, 5.74) is 6.48. The highest BCUT2D eigenvalue weighted by atomic mass is 35.5. The minimum Gasteiger partial charge on any atom is -0.490 e. The average Bonchev–Trinajstić information content (AvgIpc) is 2.86. The van der Waals surface area contributed by atoms with Gasteiger partial charge in [-0.2, -0.15) is 5.26 Å². The standard InChI is InChI=1S/C15H17ClN2O/c16-15-7-13(2-1-9(15)8-17)19-14-5-10-3-12(18)4-11(10)6-14/h1-2,7,10-12,14H,3-6,18H2/t10-,11+,12?,14?. The summed E-state index contributed by atoms with van der Waals surface area (Å²) < 4.78 is 5.99. The van der Waals surface area contributed by atoms with Crippen molar-refractivity contribution in [2.45, 2.75) is 37.8 Å². The first-order valence-corrected chi connectivity index (χ1v) is 7.15. The first-order chi connectivity index (χ1) is 9.15. The maximum Gasteiger partial charge on any atom is 0.121 e. The van der Waals surface area contributed by atoms with E-state index in [0.29, 0.717) is 16.6 Å². The van der Waals surface area contributed by atoms with Gasteiger partial charge in [0, 0.05) is 12.1 Å². The van der Waals surface area contributed by atoms with Gasteiger partial charge in [0.2, 0.25) is 0 Å². The van der Waals surface area contributed by atoms with Crippen LogP contribution in [-0.4, -0.2) is 12.1 Å². The lowest BCUT2D eigenvalue weighted by molar-refractivity contribution is 0.197. The second-order valence-corrected chi connectivity index (χ2v) is 6.12. The molecule has 0 heterocycles. The summed E-state index contributed by atoms with van der Waals surface area (Å²) in [5, 5.41) is 9.30. The van der Waals surface area contributed by atoms with Gasteiger partial charge in [0.1, 0.15) is 11.8 Å². The maximum absolute atomic E-state index is 8.84. The Morgan fingerprint density at radius 3 is 2.47 bits per heavy atom. The van der Waals surface area contributed by atoms with Crippen molar-refractivity contribution < 1.29 is 4.74 Å². The quantitative estimate of drug-likeness (QED) is 0.903. The van der Waals surface area contributed by atoms with Gasteiger partial charge in [0.05, 0.1) is 16.7 Å². The van der Waals surface area contributed by atoms with Crippen LogP contribution in [-0.2, 0) is 0 Å². The monoisotopic (exact) mass is 276 g/mol. The molecular weight excluding hydrogens is 260 g/mol. The van der Waals surface area contributed by atoms with E-state index in [-0.39, 0.29) is 6.10 Å². The number of rotatable bonds is 2. The van der Waals surface area contributed by atoms with E-state index in [1.807, 2.05) is 6.07 Å². The molecule has 0 bridgehead atoms. The molecule has 0 amide bonds. The van der Waals surface area contributed by atoms with Crippen molar-refractivity contribution in [2.75, 3.05) is 0 Å². The molecule has 1 aromatic rings. The SMILES string of the molecule is N#Cc1ccc(OC2C[C@H]3CC(N)C[C@H]3C2)cc1Cl. The van der Waals surface area contributed by atoms with Crippen molar-refractivity contribution >= 4 is 11.6 Å². The molecule has 0 aliphatic heterocycles. The molecule has 2 aliphatic rings. The van der Waals surface area contributed by atoms with Crippen LogP contribution in [0.2, 0.25) is 5.02 Å². The predicted molar refractivity (Wildman–Crippen MR) is 74.0 cm³/mol. The van der Waals surface area contributed by atoms with Gasteiger partial charge < -0.3 is 10.5 Å². The molecule has 0 aromatic heterocycles. The van der Waals surface area contributed by atoms with Crippen molar-refractivity contribution in [3.63, 3.8) is 0 Å². The highest BCUT2D eigenvalue weighted by Crippen LogP contribution is 2.44. The highest BCUT2D eigenvalue weighted by molar-refractivity contribution is 6.31. The van der Waals surface area contributed by atoms with Crippen LogP contribution in [0.1, 0.15) is 31.2 Å². The Labute approximate surface area is 118 Å². The fourth-order valence-electron chi connectivity index (χ4n) is 3.56. The summed E-state index contributed by atoms with van der Waals surface area (Å²) in [5.74, 6) is 2.22. The van der Waals surface area contributed by atoms with Crippen LogP contribution in [0.25, 0.3) is 0 Å². The average molecular weight is 277 g/mol. The maximum atomic E-state index is 8.84. The summed E-state index contributed by atoms with van der Waals surface area (Å²) in [6, 6.07) is 7.71. The normalized spacial score (nSPS) is 32.9. The van der Waals surface area contributed by atoms with Crippen molar-refractivity contribution in [1.82, 2.24) is 0 Å². The van der Waals surface area contributed by atoms with E-state index in [1.165, 1.54) is 0 Å². The molecule has 2 fully saturated rings. The molecular formula is C15H17ClN2O. The molecule has 2 aliphatic carbocycles. The minimum atomic E-state index is 0.270. The van der Waals surface area contributed by atoms with Gasteiger partial charge in [-0.25, -0.2) is 0 Å². The molecule has 4 atom stereocenters. The van der Waals surface area contributed by atoms with Crippen molar-refractivity contribution in [3.8, 4) is 11.8 Å². The second kappa shape index (κ2) is 5.03. The lowest BCUT2D eigenvalue weighted by Crippen LogP contribution is -2.19. The number of nitriles is 1. The third-order valence-electron chi connectivity index (χ3n) is 4.37. The van der Waals surface area contributed by atoms with Gasteiger partial charge in [-0.3, -0.25) is 0 Å². The molecule has 3 nitrogen and oxygen atoms in total. The van der Waals surface area contributed by atoms with Crippen LogP contribution in [0.3, 0.4) is 0 Å². The van der Waals surface area contributed by atoms with Gasteiger partial charge in [-0.1, -0.05) is 11.6 Å². The molecule has 0 saturated heterocycles. The van der Waals surface area contributed by atoms with Crippen LogP contribution < -0.4 is 10.5 Å². The Morgan fingerprint density at radius 1 is 1.21 bits per heavy atom. The summed E-state index contributed by atoms with van der Waals surface area (Å²) >= 11 is 6.01. The van der Waals surface area contributed by atoms with Gasteiger partial charge in [0.15, 0.2) is 0 Å². The number of ether oxygens (including phenoxy) is 1. The Hall–Kier alpha value is -1.24. The summed E-state index contributed by atoms with van der Waals surface area (Å²) in [6.45, 7) is 0. The van der Waals surface area contributed by atoms with E-state index >= 15 is 0 Å². The van der Waals surface area contributed by atoms with Crippen LogP contribution in [0.15, 0.2) is 18.2 Å². The van der Waals surface area contributed by atoms with E-state index in [0.717, 1.165) is 43.3 Å². The molecule has 19 heavy (non-hydrogen) atoms. The van der Waals surface area contributed by atoms with Crippen molar-refractivity contribution in [3.05, 3.63) is 28.8 Å². The number of hydrogen-bond acceptors (Lipinski definition) is 3. The second-order valence-electron chi connectivity index (χ2n) is 5.72. The van der Waals surface area contributed by atoms with Gasteiger partial charge in [-0.15, -0.1) is 0 Å². The first-order valence-electron chi connectivity index (χ1n) is 6.77. The molecule has 100 valence electrons. The lowest BCUT2D eigenvalue weighted by atomic mass is 10.0. The number of fused-ring (bicyclic) bond motifs is 1. The molecule has 1 aromatic carbocycles. The molecule has 2 N–H and O–H groups in total. The fourth-order valence-corrected chi connectivity index (χ4v) is 3.77. The van der Waals surface area contributed by atoms with Gasteiger partial charge >= 0.3 is 0 Å². The van der Waals surface area contributed by atoms with Crippen LogP contribution in [0.5, 0.6) is 5.75 Å². The van der Waals surface area contributed by atoms with Crippen LogP contribution in [0, 0.1) is 23.2 Å². The third kappa shape index (κ3) is 2.56. The Balaban J connectivity index is 1.64. The molecule has 4 heteroatoms. The Kier molecular flexibility index (Phi) is 3.38. The number of benzene rings is 1. The lowest BCUT2D eigenvalue weighted by Gasteiger charge is -2.16. The van der Waals surface area contributed by atoms with E-state index in [9.17, 15) is 0 Å². The smallest absolute Gasteiger partial charge is 0.121 e. The van der Waals surface area contributed by atoms with E-state index in [2.05, 4.69) is 6.07 Å². The van der Waals surface area contributed by atoms with Gasteiger partial charge in [0.25, 0.3) is 0 Å². The zero-order chi connectivity index (χ0) is 13.4. The van der Waals surface area contributed by atoms with E-state index in [1.54, 1.807) is 12.1 Å². The topological polar surface area (TPSA) is 59.0 Å². The molecule has 0 spiro atoms. The molecule has 2 unspecified atom stereocenters. The van der Waals surface area contributed by atoms with Crippen molar-refractivity contribution in [1.29, 1.82) is 5.26 Å². The number of nitrogens with zero attached hydrogens (tertiary/aromatic N) is 1. The van der Waals surface area contributed by atoms with E-state index < -0.39 is 0 Å². The first kappa shape index (κ1) is 12.8. The molecule has 0 radical (unpaired) electrons. The van der Waals surface area contributed by atoms with Crippen LogP contribution in [0.4, 0.5) is 0 Å². The summed E-state index contributed by atoms with van der Waals surface area (Å²) in [6.07, 6.45) is 4.73. The van der Waals surface area contributed by atoms with Gasteiger partial charge in [-0.05, 0) is 49.7 Å². The fraction of sp³-hybridized carbons (Fsp3) is 0.533. The number of halogens is 1. The highest BCUT2D eigenvalue weighted by Gasteiger charge is 2.41. The zero-order valence-electron chi connectivity index (χ0n) is 10.7. The molecule has 2 saturated carbocycles. The van der Waals surface area contributed by atoms with E-state index in [4.69, 9.17) is 27.3 Å². The predicted octanol–water partition coefficient (Wildman–Crippen LogP) is 3.11. The Morgan fingerprint density at radius 2 is 1.89 bits per heavy atom. The van der Waals surface area contributed by atoms with Crippen LogP contribution >= 0.6 is 11.6 Å². The zero-order valence-corrected chi connectivity index (χ0v) is 11.4.